The van der Waals surface area contributed by atoms with Crippen molar-refractivity contribution in [2.24, 2.45) is 11.7 Å². The molecular weight excluding hydrogens is 331 g/mol. The Hall–Kier alpha value is -0.330. The van der Waals surface area contributed by atoms with Gasteiger partial charge in [-0.05, 0) is 36.5 Å². The second kappa shape index (κ2) is 6.84. The molecule has 0 amide bonds. The summed E-state index contributed by atoms with van der Waals surface area (Å²) in [5.41, 5.74) is 6.15. The minimum absolute atomic E-state index is 0.0638. The molecule has 0 aromatic heterocycles. The highest BCUT2D eigenvalue weighted by atomic mass is 35.5. The van der Waals surface area contributed by atoms with E-state index in [1.54, 1.807) is 6.07 Å². The van der Waals surface area contributed by atoms with Gasteiger partial charge >= 0.3 is 0 Å². The van der Waals surface area contributed by atoms with Gasteiger partial charge in [-0.2, -0.15) is 4.31 Å². The van der Waals surface area contributed by atoms with Crippen LogP contribution in [0.5, 0.6) is 0 Å². The Morgan fingerprint density at radius 3 is 2.71 bits per heavy atom. The number of nitrogens with zero attached hydrogens (tertiary/aromatic N) is 1. The van der Waals surface area contributed by atoms with E-state index >= 15 is 0 Å². The standard InChI is InChI=1S/C14H20Cl2N2O2S/c1-2-10-4-3-5-18(9-10)21(19,20)13-7-12(15)6-11(8-17)14(13)16/h6-7,10H,2-5,8-9,17H2,1H3. The van der Waals surface area contributed by atoms with Crippen LogP contribution in [0.4, 0.5) is 0 Å². The Kier molecular flexibility index (Phi) is 5.54. The second-order valence-corrected chi connectivity index (χ2v) is 8.08. The normalized spacial score (nSPS) is 20.7. The maximum absolute atomic E-state index is 12.8. The van der Waals surface area contributed by atoms with Crippen molar-refractivity contribution >= 4 is 33.2 Å². The molecule has 1 fully saturated rings. The third kappa shape index (κ3) is 3.54. The van der Waals surface area contributed by atoms with Crippen molar-refractivity contribution in [3.05, 3.63) is 27.7 Å². The van der Waals surface area contributed by atoms with E-state index in [1.165, 1.54) is 10.4 Å². The molecule has 1 aliphatic heterocycles. The number of rotatable bonds is 4. The van der Waals surface area contributed by atoms with Crippen LogP contribution in [-0.4, -0.2) is 25.8 Å². The zero-order chi connectivity index (χ0) is 15.6. The fourth-order valence-electron chi connectivity index (χ4n) is 2.67. The van der Waals surface area contributed by atoms with Gasteiger partial charge in [-0.3, -0.25) is 0 Å². The minimum Gasteiger partial charge on any atom is -0.326 e. The molecular formula is C14H20Cl2N2O2S. The van der Waals surface area contributed by atoms with Crippen LogP contribution >= 0.6 is 23.2 Å². The highest BCUT2D eigenvalue weighted by molar-refractivity contribution is 7.89. The lowest BCUT2D eigenvalue weighted by molar-refractivity contribution is 0.261. The molecule has 1 atom stereocenters. The van der Waals surface area contributed by atoms with Crippen LogP contribution in [0, 0.1) is 5.92 Å². The Morgan fingerprint density at radius 2 is 2.10 bits per heavy atom. The van der Waals surface area contributed by atoms with Crippen molar-refractivity contribution in [1.82, 2.24) is 4.31 Å². The lowest BCUT2D eigenvalue weighted by Gasteiger charge is -2.31. The van der Waals surface area contributed by atoms with E-state index in [0.29, 0.717) is 29.6 Å². The topological polar surface area (TPSA) is 63.4 Å². The number of benzene rings is 1. The summed E-state index contributed by atoms with van der Waals surface area (Å²) in [5.74, 6) is 0.403. The molecule has 0 saturated carbocycles. The van der Waals surface area contributed by atoms with Crippen molar-refractivity contribution in [1.29, 1.82) is 0 Å². The molecule has 118 valence electrons. The Bertz CT molecular complexity index is 620. The third-order valence-electron chi connectivity index (χ3n) is 3.98. The summed E-state index contributed by atoms with van der Waals surface area (Å²) in [6, 6.07) is 3.02. The number of piperidine rings is 1. The summed E-state index contributed by atoms with van der Waals surface area (Å²) in [7, 11) is -3.63. The number of nitrogens with two attached hydrogens (primary N) is 1. The van der Waals surface area contributed by atoms with Gasteiger partial charge in [-0.25, -0.2) is 8.42 Å². The monoisotopic (exact) mass is 350 g/mol. The number of halogens is 2. The van der Waals surface area contributed by atoms with Gasteiger partial charge in [0.15, 0.2) is 0 Å². The quantitative estimate of drug-likeness (QED) is 0.906. The van der Waals surface area contributed by atoms with Gasteiger partial charge in [0.25, 0.3) is 0 Å². The van der Waals surface area contributed by atoms with Crippen LogP contribution in [0.15, 0.2) is 17.0 Å². The van der Waals surface area contributed by atoms with Gasteiger partial charge in [0.1, 0.15) is 4.90 Å². The number of hydrogen-bond acceptors (Lipinski definition) is 3. The lowest BCUT2D eigenvalue weighted by atomic mass is 9.97. The smallest absolute Gasteiger partial charge is 0.244 e. The van der Waals surface area contributed by atoms with E-state index in [9.17, 15) is 8.42 Å². The van der Waals surface area contributed by atoms with Gasteiger partial charge in [-0.15, -0.1) is 0 Å². The molecule has 1 aromatic carbocycles. The molecule has 21 heavy (non-hydrogen) atoms. The average Bonchev–Trinajstić information content (AvgIpc) is 2.49. The molecule has 0 bridgehead atoms. The van der Waals surface area contributed by atoms with Crippen LogP contribution in [0.2, 0.25) is 10.0 Å². The first-order chi connectivity index (χ1) is 9.90. The summed E-state index contributed by atoms with van der Waals surface area (Å²) >= 11 is 12.2. The zero-order valence-electron chi connectivity index (χ0n) is 12.0. The predicted octanol–water partition coefficient (Wildman–Crippen LogP) is 3.26. The van der Waals surface area contributed by atoms with Crippen molar-refractivity contribution in [2.75, 3.05) is 13.1 Å². The molecule has 0 radical (unpaired) electrons. The third-order valence-corrected chi connectivity index (χ3v) is 6.64. The molecule has 2 rings (SSSR count). The van der Waals surface area contributed by atoms with Gasteiger partial charge in [0.2, 0.25) is 10.0 Å². The van der Waals surface area contributed by atoms with Gasteiger partial charge in [0, 0.05) is 24.7 Å². The Balaban J connectivity index is 2.42. The SMILES string of the molecule is CCC1CCCN(S(=O)(=O)c2cc(Cl)cc(CN)c2Cl)C1. The highest BCUT2D eigenvalue weighted by Gasteiger charge is 2.31. The van der Waals surface area contributed by atoms with Crippen molar-refractivity contribution in [3.8, 4) is 0 Å². The van der Waals surface area contributed by atoms with E-state index in [-0.39, 0.29) is 16.5 Å². The number of sulfonamides is 1. The van der Waals surface area contributed by atoms with Crippen LogP contribution in [0.1, 0.15) is 31.7 Å². The maximum atomic E-state index is 12.8. The first-order valence-corrected chi connectivity index (χ1v) is 9.27. The number of hydrogen-bond donors (Lipinski definition) is 1. The molecule has 4 nitrogen and oxygen atoms in total. The summed E-state index contributed by atoms with van der Waals surface area (Å²) in [6.07, 6.45) is 2.92. The van der Waals surface area contributed by atoms with Gasteiger partial charge < -0.3 is 5.73 Å². The molecule has 1 heterocycles. The largest absolute Gasteiger partial charge is 0.326 e. The highest BCUT2D eigenvalue weighted by Crippen LogP contribution is 2.33. The van der Waals surface area contributed by atoms with Crippen LogP contribution in [0.3, 0.4) is 0 Å². The zero-order valence-corrected chi connectivity index (χ0v) is 14.3. The molecule has 0 aliphatic carbocycles. The summed E-state index contributed by atoms with van der Waals surface area (Å²) < 4.78 is 27.2. The van der Waals surface area contributed by atoms with Crippen molar-refractivity contribution in [3.63, 3.8) is 0 Å². The molecule has 1 aliphatic rings. The van der Waals surface area contributed by atoms with Crippen molar-refractivity contribution in [2.45, 2.75) is 37.6 Å². The fourth-order valence-corrected chi connectivity index (χ4v) is 5.14. The lowest BCUT2D eigenvalue weighted by Crippen LogP contribution is -2.39. The minimum atomic E-state index is -3.63. The summed E-state index contributed by atoms with van der Waals surface area (Å²) in [5, 5.41) is 0.517. The molecule has 0 spiro atoms. The van der Waals surface area contributed by atoms with E-state index in [1.807, 2.05) is 0 Å². The first kappa shape index (κ1) is 17.0. The second-order valence-electron chi connectivity index (χ2n) is 5.36. The van der Waals surface area contributed by atoms with Gasteiger partial charge in [0.05, 0.1) is 5.02 Å². The van der Waals surface area contributed by atoms with Crippen LogP contribution < -0.4 is 5.73 Å². The van der Waals surface area contributed by atoms with E-state index < -0.39 is 10.0 Å². The van der Waals surface area contributed by atoms with E-state index in [4.69, 9.17) is 28.9 Å². The van der Waals surface area contributed by atoms with Crippen LogP contribution in [-0.2, 0) is 16.6 Å². The van der Waals surface area contributed by atoms with Crippen molar-refractivity contribution < 1.29 is 8.42 Å². The van der Waals surface area contributed by atoms with Gasteiger partial charge in [-0.1, -0.05) is 36.5 Å². The molecule has 1 unspecified atom stereocenters. The summed E-state index contributed by atoms with van der Waals surface area (Å²) in [6.45, 7) is 3.30. The van der Waals surface area contributed by atoms with E-state index in [2.05, 4.69) is 6.92 Å². The predicted molar refractivity (Wildman–Crippen MR) is 86.1 cm³/mol. The molecule has 7 heteroatoms. The Morgan fingerprint density at radius 1 is 1.38 bits per heavy atom. The molecule has 1 saturated heterocycles. The first-order valence-electron chi connectivity index (χ1n) is 7.08. The molecule has 1 aromatic rings. The maximum Gasteiger partial charge on any atom is 0.244 e. The van der Waals surface area contributed by atoms with Crippen LogP contribution in [0.25, 0.3) is 0 Å². The Labute approximate surface area is 136 Å². The summed E-state index contributed by atoms with van der Waals surface area (Å²) in [4.78, 5) is 0.0638. The fraction of sp³-hybridized carbons (Fsp3) is 0.571. The molecule has 2 N–H and O–H groups in total. The van der Waals surface area contributed by atoms with E-state index in [0.717, 1.165) is 19.3 Å². The average molecular weight is 351 g/mol.